The highest BCUT2D eigenvalue weighted by molar-refractivity contribution is 4.80. The van der Waals surface area contributed by atoms with Crippen molar-refractivity contribution in [2.24, 2.45) is 0 Å². The maximum Gasteiger partial charge on any atom is 0.0727 e. The smallest absolute Gasteiger partial charge is 0.0727 e. The lowest BCUT2D eigenvalue weighted by atomic mass is 9.92. The minimum absolute atomic E-state index is 0.368. The lowest BCUT2D eigenvalue weighted by Crippen LogP contribution is -2.41. The summed E-state index contributed by atoms with van der Waals surface area (Å²) in [7, 11) is 2.00. The van der Waals surface area contributed by atoms with Crippen LogP contribution in [0.15, 0.2) is 0 Å². The van der Waals surface area contributed by atoms with Crippen molar-refractivity contribution < 1.29 is 4.74 Å². The van der Waals surface area contributed by atoms with Gasteiger partial charge >= 0.3 is 0 Å². The number of hydrogen-bond donors (Lipinski definition) is 1. The Balaban J connectivity index is 2.17. The molecule has 0 amide bonds. The molecule has 0 aromatic carbocycles. The average Bonchev–Trinajstić information content (AvgIpc) is 2.25. The van der Waals surface area contributed by atoms with E-state index in [9.17, 15) is 0 Å². The minimum Gasteiger partial charge on any atom is -0.377 e. The van der Waals surface area contributed by atoms with Gasteiger partial charge in [-0.3, -0.25) is 0 Å². The molecule has 3 heteroatoms. The predicted octanol–water partition coefficient (Wildman–Crippen LogP) is 1.84. The third-order valence-electron chi connectivity index (χ3n) is 2.84. The molecule has 2 unspecified atom stereocenters. The molecule has 0 bridgehead atoms. The van der Waals surface area contributed by atoms with E-state index in [0.717, 1.165) is 19.4 Å². The number of nitrogens with one attached hydrogen (secondary N) is 1. The monoisotopic (exact) mass is 196 g/mol. The number of nitrogens with zero attached hydrogens (tertiary/aromatic N) is 1. The number of unbranched alkanes of at least 4 members (excludes halogenated alkanes) is 1. The van der Waals surface area contributed by atoms with Crippen molar-refractivity contribution in [2.45, 2.75) is 50.7 Å². The van der Waals surface area contributed by atoms with Gasteiger partial charge in [0.2, 0.25) is 0 Å². The van der Waals surface area contributed by atoms with Crippen molar-refractivity contribution in [3.63, 3.8) is 0 Å². The minimum atomic E-state index is 0.368. The molecule has 0 aromatic rings. The van der Waals surface area contributed by atoms with Crippen molar-refractivity contribution in [2.75, 3.05) is 13.7 Å². The Morgan fingerprint density at radius 1 is 1.43 bits per heavy atom. The molecule has 14 heavy (non-hydrogen) atoms. The molecule has 3 nitrogen and oxygen atoms in total. The van der Waals surface area contributed by atoms with E-state index >= 15 is 0 Å². The fourth-order valence-corrected chi connectivity index (χ4v) is 2.01. The molecule has 1 N–H and O–H groups in total. The Bertz CT molecular complexity index is 188. The van der Waals surface area contributed by atoms with Gasteiger partial charge in [-0.2, -0.15) is 5.26 Å². The van der Waals surface area contributed by atoms with Crippen molar-refractivity contribution >= 4 is 0 Å². The Labute approximate surface area is 86.4 Å². The molecule has 0 heterocycles. The van der Waals surface area contributed by atoms with Crippen molar-refractivity contribution in [3.05, 3.63) is 0 Å². The molecule has 0 radical (unpaired) electrons. The second-order valence-electron chi connectivity index (χ2n) is 3.85. The van der Waals surface area contributed by atoms with Gasteiger partial charge in [-0.15, -0.1) is 0 Å². The zero-order valence-electron chi connectivity index (χ0n) is 8.96. The van der Waals surface area contributed by atoms with Gasteiger partial charge in [-0.05, 0) is 26.3 Å². The Morgan fingerprint density at radius 3 is 2.93 bits per heavy atom. The summed E-state index contributed by atoms with van der Waals surface area (Å²) in [6, 6.07) is 2.65. The summed E-state index contributed by atoms with van der Waals surface area (Å²) in [4.78, 5) is 0. The van der Waals surface area contributed by atoms with E-state index < -0.39 is 0 Å². The molecule has 80 valence electrons. The van der Waals surface area contributed by atoms with Crippen LogP contribution in [0.4, 0.5) is 0 Å². The highest BCUT2D eigenvalue weighted by atomic mass is 16.5. The zero-order chi connectivity index (χ0) is 10.2. The van der Waals surface area contributed by atoms with Crippen molar-refractivity contribution in [3.8, 4) is 6.07 Å². The highest BCUT2D eigenvalue weighted by Gasteiger charge is 2.23. The van der Waals surface area contributed by atoms with Gasteiger partial charge in [0.15, 0.2) is 0 Å². The Kier molecular flexibility index (Phi) is 5.58. The molecule has 0 spiro atoms. The number of likely N-dealkylation sites (N-methyl/N-ethyl adjacent to an activating group) is 1. The van der Waals surface area contributed by atoms with Crippen LogP contribution in [0.2, 0.25) is 0 Å². The molecule has 0 saturated heterocycles. The number of ether oxygens (including phenoxy) is 1. The predicted molar refractivity (Wildman–Crippen MR) is 55.9 cm³/mol. The number of nitriles is 1. The van der Waals surface area contributed by atoms with Crippen LogP contribution in [0.1, 0.15) is 38.5 Å². The lowest BCUT2D eigenvalue weighted by molar-refractivity contribution is 0.00648. The van der Waals surface area contributed by atoms with Crippen LogP contribution in [-0.2, 0) is 4.74 Å². The van der Waals surface area contributed by atoms with Crippen molar-refractivity contribution in [1.29, 1.82) is 5.26 Å². The van der Waals surface area contributed by atoms with Crippen LogP contribution in [0.3, 0.4) is 0 Å². The first-order chi connectivity index (χ1) is 6.88. The van der Waals surface area contributed by atoms with Gasteiger partial charge in [0.05, 0.1) is 12.2 Å². The molecule has 1 saturated carbocycles. The second kappa shape index (κ2) is 6.80. The fraction of sp³-hybridized carbons (Fsp3) is 0.909. The first-order valence-corrected chi connectivity index (χ1v) is 5.54. The van der Waals surface area contributed by atoms with E-state index in [1.807, 2.05) is 7.05 Å². The van der Waals surface area contributed by atoms with Crippen LogP contribution in [-0.4, -0.2) is 25.8 Å². The fourth-order valence-electron chi connectivity index (χ4n) is 2.01. The van der Waals surface area contributed by atoms with Crippen molar-refractivity contribution in [1.82, 2.24) is 5.32 Å². The first kappa shape index (κ1) is 11.5. The van der Waals surface area contributed by atoms with Crippen LogP contribution in [0, 0.1) is 11.3 Å². The maximum absolute atomic E-state index is 8.38. The highest BCUT2D eigenvalue weighted by Crippen LogP contribution is 2.21. The first-order valence-electron chi connectivity index (χ1n) is 5.54. The van der Waals surface area contributed by atoms with Crippen LogP contribution >= 0.6 is 0 Å². The molecular formula is C11H20N2O. The Hall–Kier alpha value is -0.590. The molecule has 1 rings (SSSR count). The lowest BCUT2D eigenvalue weighted by Gasteiger charge is -2.31. The van der Waals surface area contributed by atoms with E-state index in [4.69, 9.17) is 10.00 Å². The summed E-state index contributed by atoms with van der Waals surface area (Å²) in [5.74, 6) is 0. The topological polar surface area (TPSA) is 45.0 Å². The summed E-state index contributed by atoms with van der Waals surface area (Å²) in [5, 5.41) is 11.7. The van der Waals surface area contributed by atoms with Gasteiger partial charge in [0.1, 0.15) is 0 Å². The molecule has 1 aliphatic rings. The summed E-state index contributed by atoms with van der Waals surface area (Å²) in [6.07, 6.45) is 6.81. The number of rotatable bonds is 5. The van der Waals surface area contributed by atoms with Gasteiger partial charge in [0, 0.05) is 19.1 Å². The van der Waals surface area contributed by atoms with Gasteiger partial charge in [0.25, 0.3) is 0 Å². The summed E-state index contributed by atoms with van der Waals surface area (Å²) in [5.41, 5.74) is 0. The van der Waals surface area contributed by atoms with Gasteiger partial charge in [-0.25, -0.2) is 0 Å². The van der Waals surface area contributed by atoms with Crippen LogP contribution in [0.5, 0.6) is 0 Å². The SMILES string of the molecule is CNC1CCCCC1OCCCC#N. The number of hydrogen-bond acceptors (Lipinski definition) is 3. The van der Waals surface area contributed by atoms with E-state index in [0.29, 0.717) is 18.6 Å². The summed E-state index contributed by atoms with van der Waals surface area (Å²) in [6.45, 7) is 0.733. The van der Waals surface area contributed by atoms with E-state index in [2.05, 4.69) is 11.4 Å². The van der Waals surface area contributed by atoms with E-state index in [1.54, 1.807) is 0 Å². The zero-order valence-corrected chi connectivity index (χ0v) is 8.96. The molecule has 0 aliphatic heterocycles. The standard InChI is InChI=1S/C11H20N2O/c1-13-10-6-2-3-7-11(10)14-9-5-4-8-12/h10-11,13H,2-7,9H2,1H3. The molecule has 2 atom stereocenters. The van der Waals surface area contributed by atoms with E-state index in [-0.39, 0.29) is 0 Å². The van der Waals surface area contributed by atoms with Crippen LogP contribution < -0.4 is 5.32 Å². The summed E-state index contributed by atoms with van der Waals surface area (Å²) >= 11 is 0. The maximum atomic E-state index is 8.38. The van der Waals surface area contributed by atoms with E-state index in [1.165, 1.54) is 19.3 Å². The largest absolute Gasteiger partial charge is 0.377 e. The molecule has 0 aromatic heterocycles. The van der Waals surface area contributed by atoms with Gasteiger partial charge in [-0.1, -0.05) is 12.8 Å². The third-order valence-corrected chi connectivity index (χ3v) is 2.84. The molecular weight excluding hydrogens is 176 g/mol. The van der Waals surface area contributed by atoms with Crippen LogP contribution in [0.25, 0.3) is 0 Å². The second-order valence-corrected chi connectivity index (χ2v) is 3.85. The third kappa shape index (κ3) is 3.65. The summed E-state index contributed by atoms with van der Waals surface area (Å²) < 4.78 is 5.77. The molecule has 1 fully saturated rings. The van der Waals surface area contributed by atoms with Gasteiger partial charge < -0.3 is 10.1 Å². The normalized spacial score (nSPS) is 27.1. The molecule has 1 aliphatic carbocycles. The Morgan fingerprint density at radius 2 is 2.21 bits per heavy atom. The average molecular weight is 196 g/mol. The quantitative estimate of drug-likeness (QED) is 0.682.